The number of halogens is 1. The number of fused-ring (bicyclic) bond motifs is 1. The zero-order valence-electron chi connectivity index (χ0n) is 17.1. The predicted octanol–water partition coefficient (Wildman–Crippen LogP) is 4.69. The Kier molecular flexibility index (Phi) is 5.74. The Hall–Kier alpha value is -3.98. The molecular weight excluding hydrogens is 436 g/mol. The summed E-state index contributed by atoms with van der Waals surface area (Å²) in [5.74, 6) is -0.310. The number of aryl methyl sites for hydroxylation is 2. The molecule has 0 saturated carbocycles. The van der Waals surface area contributed by atoms with Gasteiger partial charge in [0.05, 0.1) is 11.4 Å². The lowest BCUT2D eigenvalue weighted by Gasteiger charge is -2.07. The number of ether oxygens (including phenoxy) is 1. The van der Waals surface area contributed by atoms with Crippen molar-refractivity contribution in [2.24, 2.45) is 10.2 Å². The van der Waals surface area contributed by atoms with Gasteiger partial charge in [-0.25, -0.2) is 4.79 Å². The minimum Gasteiger partial charge on any atom is -0.484 e. The van der Waals surface area contributed by atoms with Crippen LogP contribution in [0.3, 0.4) is 0 Å². The third-order valence-corrected chi connectivity index (χ3v) is 4.92. The second-order valence-corrected chi connectivity index (χ2v) is 7.43. The van der Waals surface area contributed by atoms with Gasteiger partial charge in [0.15, 0.2) is 12.3 Å². The van der Waals surface area contributed by atoms with Gasteiger partial charge >= 0.3 is 11.2 Å². The van der Waals surface area contributed by atoms with Crippen LogP contribution in [0.4, 0.5) is 11.4 Å². The average molecular weight is 453 g/mol. The van der Waals surface area contributed by atoms with Crippen molar-refractivity contribution in [1.82, 2.24) is 9.78 Å². The molecule has 0 fully saturated rings. The van der Waals surface area contributed by atoms with Crippen LogP contribution in [-0.4, -0.2) is 22.3 Å². The minimum atomic E-state index is -0.644. The Morgan fingerprint density at radius 3 is 2.59 bits per heavy atom. The summed E-state index contributed by atoms with van der Waals surface area (Å²) in [6.07, 6.45) is 0. The second-order valence-electron chi connectivity index (χ2n) is 6.99. The fraction of sp³-hybridized carbons (Fsp3) is 0.136. The van der Waals surface area contributed by atoms with E-state index in [9.17, 15) is 14.4 Å². The zero-order valence-corrected chi connectivity index (χ0v) is 17.8. The standard InChI is InChI=1S/C22H17ClN4O5/c1-12-9-20(29)32-18-10-16(7-8-17(12)18)31-11-19(28)27-22(30)21(13(2)26-27)25-24-15-5-3-14(23)4-6-15/h3-10,26H,11H2,1-2H3. The molecule has 0 aliphatic rings. The summed E-state index contributed by atoms with van der Waals surface area (Å²) in [7, 11) is 0. The largest absolute Gasteiger partial charge is 0.484 e. The zero-order chi connectivity index (χ0) is 22.8. The molecule has 162 valence electrons. The van der Waals surface area contributed by atoms with Gasteiger partial charge in [-0.2, -0.15) is 9.80 Å². The van der Waals surface area contributed by atoms with E-state index in [4.69, 9.17) is 20.8 Å². The second kappa shape index (κ2) is 8.64. The van der Waals surface area contributed by atoms with Crippen LogP contribution in [-0.2, 0) is 0 Å². The fourth-order valence-electron chi connectivity index (χ4n) is 3.05. The van der Waals surface area contributed by atoms with Gasteiger partial charge in [-0.3, -0.25) is 14.7 Å². The van der Waals surface area contributed by atoms with Crippen molar-refractivity contribution in [2.45, 2.75) is 13.8 Å². The summed E-state index contributed by atoms with van der Waals surface area (Å²) in [5.41, 5.74) is 0.894. The van der Waals surface area contributed by atoms with Crippen LogP contribution in [0.2, 0.25) is 5.02 Å². The molecule has 0 saturated heterocycles. The van der Waals surface area contributed by atoms with E-state index >= 15 is 0 Å². The number of hydrogen-bond donors (Lipinski definition) is 1. The molecule has 0 amide bonds. The number of H-pyrrole nitrogens is 1. The summed E-state index contributed by atoms with van der Waals surface area (Å²) in [4.78, 5) is 36.7. The highest BCUT2D eigenvalue weighted by atomic mass is 35.5. The van der Waals surface area contributed by atoms with Gasteiger partial charge in [0, 0.05) is 22.5 Å². The lowest BCUT2D eigenvalue weighted by molar-refractivity contribution is 0.0816. The number of aromatic amines is 1. The highest BCUT2D eigenvalue weighted by Gasteiger charge is 2.17. The number of hydrogen-bond acceptors (Lipinski definition) is 7. The van der Waals surface area contributed by atoms with Gasteiger partial charge in [-0.15, -0.1) is 5.11 Å². The van der Waals surface area contributed by atoms with E-state index in [2.05, 4.69) is 15.3 Å². The minimum absolute atomic E-state index is 0.0104. The van der Waals surface area contributed by atoms with Crippen LogP contribution in [0.1, 0.15) is 16.1 Å². The van der Waals surface area contributed by atoms with E-state index < -0.39 is 23.7 Å². The maximum Gasteiger partial charge on any atom is 0.336 e. The van der Waals surface area contributed by atoms with Gasteiger partial charge < -0.3 is 9.15 Å². The lowest BCUT2D eigenvalue weighted by atomic mass is 10.1. The summed E-state index contributed by atoms with van der Waals surface area (Å²) < 4.78 is 11.5. The van der Waals surface area contributed by atoms with Crippen LogP contribution >= 0.6 is 11.6 Å². The maximum absolute atomic E-state index is 12.6. The first-order valence-electron chi connectivity index (χ1n) is 9.51. The third kappa shape index (κ3) is 4.37. The first-order valence-corrected chi connectivity index (χ1v) is 9.89. The number of carbonyl (C=O) groups excluding carboxylic acids is 1. The molecule has 4 rings (SSSR count). The van der Waals surface area contributed by atoms with Crippen LogP contribution in [0, 0.1) is 13.8 Å². The van der Waals surface area contributed by atoms with E-state index in [0.717, 1.165) is 15.6 Å². The molecule has 0 unspecified atom stereocenters. The number of nitrogens with zero attached hydrogens (tertiary/aromatic N) is 3. The van der Waals surface area contributed by atoms with Crippen molar-refractivity contribution in [1.29, 1.82) is 0 Å². The molecule has 4 aromatic rings. The average Bonchev–Trinajstić information content (AvgIpc) is 3.04. The summed E-state index contributed by atoms with van der Waals surface area (Å²) in [5, 5.41) is 12.0. The van der Waals surface area contributed by atoms with E-state index in [1.54, 1.807) is 50.2 Å². The Bertz CT molecular complexity index is 1460. The topological polar surface area (TPSA) is 119 Å². The molecule has 0 radical (unpaired) electrons. The van der Waals surface area contributed by atoms with Gasteiger partial charge in [-0.05, 0) is 55.8 Å². The van der Waals surface area contributed by atoms with Crippen molar-refractivity contribution in [3.63, 3.8) is 0 Å². The SMILES string of the molecule is Cc1[nH]n(C(=O)COc2ccc3c(C)cc(=O)oc3c2)c(=O)c1N=Nc1ccc(Cl)cc1. The number of rotatable bonds is 5. The molecule has 2 aromatic heterocycles. The molecule has 0 aliphatic carbocycles. The van der Waals surface area contributed by atoms with E-state index in [-0.39, 0.29) is 5.69 Å². The first kappa shape index (κ1) is 21.3. The first-order chi connectivity index (χ1) is 15.3. The van der Waals surface area contributed by atoms with Crippen LogP contribution in [0.25, 0.3) is 11.0 Å². The molecule has 0 atom stereocenters. The quantitative estimate of drug-likeness (QED) is 0.348. The summed E-state index contributed by atoms with van der Waals surface area (Å²) >= 11 is 5.83. The molecule has 0 bridgehead atoms. The van der Waals surface area contributed by atoms with Crippen molar-refractivity contribution in [2.75, 3.05) is 6.61 Å². The number of aromatic nitrogens is 2. The maximum atomic E-state index is 12.6. The summed E-state index contributed by atoms with van der Waals surface area (Å²) in [6, 6.07) is 12.9. The highest BCUT2D eigenvalue weighted by Crippen LogP contribution is 2.23. The molecule has 0 aliphatic heterocycles. The molecule has 0 spiro atoms. The molecule has 32 heavy (non-hydrogen) atoms. The predicted molar refractivity (Wildman–Crippen MR) is 119 cm³/mol. The van der Waals surface area contributed by atoms with Crippen molar-refractivity contribution in [3.8, 4) is 5.75 Å². The van der Waals surface area contributed by atoms with Crippen LogP contribution < -0.4 is 15.9 Å². The Balaban J connectivity index is 1.51. The Labute approximate surface area is 185 Å². The molecular formula is C22H17ClN4O5. The highest BCUT2D eigenvalue weighted by molar-refractivity contribution is 6.30. The van der Waals surface area contributed by atoms with Gasteiger partial charge in [0.25, 0.3) is 5.91 Å². The normalized spacial score (nSPS) is 11.3. The Morgan fingerprint density at radius 1 is 1.09 bits per heavy atom. The molecule has 9 nitrogen and oxygen atoms in total. The van der Waals surface area contributed by atoms with E-state index in [1.807, 2.05) is 0 Å². The van der Waals surface area contributed by atoms with Gasteiger partial charge in [0.2, 0.25) is 0 Å². The number of carbonyl (C=O) groups is 1. The van der Waals surface area contributed by atoms with E-state index in [1.165, 1.54) is 12.1 Å². The summed E-state index contributed by atoms with van der Waals surface area (Å²) in [6.45, 7) is 2.98. The lowest BCUT2D eigenvalue weighted by Crippen LogP contribution is -2.29. The van der Waals surface area contributed by atoms with Crippen LogP contribution in [0.5, 0.6) is 5.75 Å². The molecule has 1 N–H and O–H groups in total. The monoisotopic (exact) mass is 452 g/mol. The van der Waals surface area contributed by atoms with Crippen LogP contribution in [0.15, 0.2) is 72.8 Å². The molecule has 2 heterocycles. The fourth-order valence-corrected chi connectivity index (χ4v) is 3.18. The number of benzene rings is 2. The van der Waals surface area contributed by atoms with Crippen molar-refractivity contribution in [3.05, 3.63) is 85.6 Å². The third-order valence-electron chi connectivity index (χ3n) is 4.67. The number of nitrogens with one attached hydrogen (secondary N) is 1. The van der Waals surface area contributed by atoms with Gasteiger partial charge in [-0.1, -0.05) is 11.6 Å². The van der Waals surface area contributed by atoms with Gasteiger partial charge in [0.1, 0.15) is 11.3 Å². The number of azo groups is 1. The van der Waals surface area contributed by atoms with Crippen molar-refractivity contribution < 1.29 is 13.9 Å². The molecule has 10 heteroatoms. The van der Waals surface area contributed by atoms with Crippen molar-refractivity contribution >= 4 is 39.9 Å². The Morgan fingerprint density at radius 2 is 1.84 bits per heavy atom. The van der Waals surface area contributed by atoms with E-state index in [0.29, 0.717) is 27.7 Å². The smallest absolute Gasteiger partial charge is 0.336 e. The molecule has 2 aromatic carbocycles.